The van der Waals surface area contributed by atoms with Crippen LogP contribution < -0.4 is 0 Å². The van der Waals surface area contributed by atoms with E-state index >= 15 is 0 Å². The molecule has 0 spiro atoms. The molecule has 0 atom stereocenters. The Morgan fingerprint density at radius 1 is 1.21 bits per heavy atom. The molecule has 0 saturated carbocycles. The molecule has 14 heavy (non-hydrogen) atoms. The Morgan fingerprint density at radius 2 is 2.14 bits per heavy atom. The van der Waals surface area contributed by atoms with Gasteiger partial charge in [-0.2, -0.15) is 0 Å². The summed E-state index contributed by atoms with van der Waals surface area (Å²) in [6.45, 7) is 0. The first-order valence-electron chi connectivity index (χ1n) is 4.72. The predicted octanol–water partition coefficient (Wildman–Crippen LogP) is 2.75. The fourth-order valence-electron chi connectivity index (χ4n) is 2.01. The maximum absolute atomic E-state index is 4.00. The predicted molar refractivity (Wildman–Crippen MR) is 58.2 cm³/mol. The van der Waals surface area contributed by atoms with Crippen LogP contribution in [0.2, 0.25) is 0 Å². The Bertz CT molecular complexity index is 512. The molecule has 1 aliphatic carbocycles. The molecule has 1 heterocycles. The van der Waals surface area contributed by atoms with E-state index in [0.717, 1.165) is 6.42 Å². The standard InChI is InChI=1S/C13H9N/c1-2-4-12-10(3-1)9-11-5-7-14-8-6-13(11)12/h1-6,8H,9H2. The molecule has 0 bridgehead atoms. The summed E-state index contributed by atoms with van der Waals surface area (Å²) in [4.78, 5) is 4.00. The zero-order valence-electron chi connectivity index (χ0n) is 7.70. The van der Waals surface area contributed by atoms with Gasteiger partial charge < -0.3 is 0 Å². The number of hydrogen-bond acceptors (Lipinski definition) is 1. The normalized spacial score (nSPS) is 16.9. The number of hydrogen-bond donors (Lipinski definition) is 0. The van der Waals surface area contributed by atoms with E-state index < -0.39 is 0 Å². The average molecular weight is 179 g/mol. The van der Waals surface area contributed by atoms with E-state index in [0.29, 0.717) is 0 Å². The molecule has 0 radical (unpaired) electrons. The van der Waals surface area contributed by atoms with Gasteiger partial charge in [-0.25, -0.2) is 4.99 Å². The van der Waals surface area contributed by atoms with Gasteiger partial charge in [0.05, 0.1) is 0 Å². The van der Waals surface area contributed by atoms with Gasteiger partial charge in [0.15, 0.2) is 0 Å². The van der Waals surface area contributed by atoms with Gasteiger partial charge in [-0.1, -0.05) is 24.3 Å². The third-order valence-electron chi connectivity index (χ3n) is 2.66. The number of benzene rings is 1. The molecule has 0 amide bonds. The highest BCUT2D eigenvalue weighted by atomic mass is 14.6. The molecular formula is C13H9N. The molecule has 3 rings (SSSR count). The highest BCUT2D eigenvalue weighted by Gasteiger charge is 2.17. The summed E-state index contributed by atoms with van der Waals surface area (Å²) in [5, 5.41) is 0. The van der Waals surface area contributed by atoms with Gasteiger partial charge in [-0.15, -0.1) is 0 Å². The first-order valence-corrected chi connectivity index (χ1v) is 4.72. The summed E-state index contributed by atoms with van der Waals surface area (Å²) < 4.78 is 0. The van der Waals surface area contributed by atoms with Crippen molar-refractivity contribution in [3.05, 3.63) is 59.3 Å². The van der Waals surface area contributed by atoms with Gasteiger partial charge in [0.1, 0.15) is 0 Å². The van der Waals surface area contributed by atoms with E-state index in [1.807, 2.05) is 6.08 Å². The topological polar surface area (TPSA) is 12.4 Å². The lowest BCUT2D eigenvalue weighted by atomic mass is 10.1. The van der Waals surface area contributed by atoms with Crippen molar-refractivity contribution in [2.45, 2.75) is 6.42 Å². The molecule has 0 fully saturated rings. The quantitative estimate of drug-likeness (QED) is 0.580. The fraction of sp³-hybridized carbons (Fsp3) is 0.0769. The van der Waals surface area contributed by atoms with Crippen LogP contribution in [0.5, 0.6) is 0 Å². The zero-order valence-corrected chi connectivity index (χ0v) is 7.70. The largest absolute Gasteiger partial charge is 0.214 e. The summed E-state index contributed by atoms with van der Waals surface area (Å²) in [5.41, 5.74) is 5.37. The van der Waals surface area contributed by atoms with Gasteiger partial charge >= 0.3 is 0 Å². The molecule has 0 aromatic heterocycles. The van der Waals surface area contributed by atoms with Gasteiger partial charge in [0.25, 0.3) is 0 Å². The molecule has 66 valence electrons. The van der Waals surface area contributed by atoms with Crippen LogP contribution in [0.25, 0.3) is 5.57 Å². The lowest BCUT2D eigenvalue weighted by molar-refractivity contribution is 1.25. The van der Waals surface area contributed by atoms with Crippen molar-refractivity contribution in [3.8, 4) is 0 Å². The van der Waals surface area contributed by atoms with Crippen LogP contribution in [0, 0.1) is 0 Å². The van der Waals surface area contributed by atoms with Gasteiger partial charge in [-0.3, -0.25) is 0 Å². The maximum atomic E-state index is 4.00. The molecule has 0 N–H and O–H groups in total. The molecule has 1 aromatic carbocycles. The minimum atomic E-state index is 1.01. The van der Waals surface area contributed by atoms with Crippen molar-refractivity contribution in [3.63, 3.8) is 0 Å². The number of aliphatic imine (C=N–C) groups is 1. The summed E-state index contributed by atoms with van der Waals surface area (Å²) in [7, 11) is 0. The Balaban J connectivity index is 2.23. The Labute approximate surface area is 82.8 Å². The average Bonchev–Trinajstić information content (AvgIpc) is 2.42. The Kier molecular flexibility index (Phi) is 1.52. The van der Waals surface area contributed by atoms with Crippen LogP contribution in [0.1, 0.15) is 11.1 Å². The van der Waals surface area contributed by atoms with Crippen molar-refractivity contribution in [2.24, 2.45) is 4.99 Å². The fourth-order valence-corrected chi connectivity index (χ4v) is 2.01. The minimum absolute atomic E-state index is 1.01. The lowest BCUT2D eigenvalue weighted by Crippen LogP contribution is -1.81. The van der Waals surface area contributed by atoms with E-state index in [-0.39, 0.29) is 0 Å². The summed E-state index contributed by atoms with van der Waals surface area (Å²) in [6.07, 6.45) is 6.87. The Morgan fingerprint density at radius 3 is 3.14 bits per heavy atom. The van der Waals surface area contributed by atoms with Crippen molar-refractivity contribution in [2.75, 3.05) is 0 Å². The van der Waals surface area contributed by atoms with Crippen molar-refractivity contribution in [1.82, 2.24) is 0 Å². The summed E-state index contributed by atoms with van der Waals surface area (Å²) in [6, 6.07) is 8.52. The number of allylic oxidation sites excluding steroid dienone is 4. The van der Waals surface area contributed by atoms with E-state index in [4.69, 9.17) is 0 Å². The second-order valence-corrected chi connectivity index (χ2v) is 3.49. The van der Waals surface area contributed by atoms with Crippen molar-refractivity contribution in [1.29, 1.82) is 0 Å². The third kappa shape index (κ3) is 1.00. The smallest absolute Gasteiger partial charge is 0.0374 e. The molecule has 0 unspecified atom stereocenters. The van der Waals surface area contributed by atoms with Crippen LogP contribution in [-0.4, -0.2) is 5.87 Å². The van der Waals surface area contributed by atoms with Crippen LogP contribution in [0.3, 0.4) is 0 Å². The van der Waals surface area contributed by atoms with Crippen LogP contribution in [-0.2, 0) is 6.42 Å². The van der Waals surface area contributed by atoms with E-state index in [1.165, 1.54) is 22.3 Å². The van der Waals surface area contributed by atoms with Gasteiger partial charge in [0.2, 0.25) is 0 Å². The SMILES string of the molecule is C1=CC2=C(C=CN=1)c1ccccc1C2. The zero-order chi connectivity index (χ0) is 9.38. The number of fused-ring (bicyclic) bond motifs is 2. The molecule has 0 saturated heterocycles. The Hall–Kier alpha value is -1.85. The summed E-state index contributed by atoms with van der Waals surface area (Å²) in [5.74, 6) is 2.91. The number of nitrogens with zero attached hydrogens (tertiary/aromatic N) is 1. The van der Waals surface area contributed by atoms with Crippen molar-refractivity contribution < 1.29 is 0 Å². The van der Waals surface area contributed by atoms with E-state index in [1.54, 1.807) is 6.20 Å². The monoisotopic (exact) mass is 179 g/mol. The van der Waals surface area contributed by atoms with Crippen LogP contribution in [0.15, 0.2) is 53.2 Å². The van der Waals surface area contributed by atoms with Gasteiger partial charge in [-0.05, 0) is 40.6 Å². The third-order valence-corrected chi connectivity index (χ3v) is 2.66. The molecular weight excluding hydrogens is 170 g/mol. The molecule has 1 aliphatic heterocycles. The molecule has 2 aliphatic rings. The molecule has 1 heteroatoms. The second-order valence-electron chi connectivity index (χ2n) is 3.49. The van der Waals surface area contributed by atoms with Crippen LogP contribution in [0.4, 0.5) is 0 Å². The first-order chi connectivity index (χ1) is 6.95. The number of rotatable bonds is 0. The van der Waals surface area contributed by atoms with E-state index in [2.05, 4.69) is 41.2 Å². The highest BCUT2D eigenvalue weighted by molar-refractivity contribution is 5.87. The lowest BCUT2D eigenvalue weighted by Gasteiger charge is -1.98. The second kappa shape index (κ2) is 2.83. The highest BCUT2D eigenvalue weighted by Crippen LogP contribution is 2.34. The first kappa shape index (κ1) is 7.54. The van der Waals surface area contributed by atoms with Crippen LogP contribution >= 0.6 is 0 Å². The maximum Gasteiger partial charge on any atom is 0.0374 e. The summed E-state index contributed by atoms with van der Waals surface area (Å²) >= 11 is 0. The van der Waals surface area contributed by atoms with Crippen molar-refractivity contribution >= 4 is 11.4 Å². The molecule has 1 nitrogen and oxygen atoms in total. The van der Waals surface area contributed by atoms with Gasteiger partial charge in [0, 0.05) is 12.3 Å². The minimum Gasteiger partial charge on any atom is -0.214 e. The van der Waals surface area contributed by atoms with E-state index in [9.17, 15) is 0 Å². The molecule has 1 aromatic rings.